The normalized spacial score (nSPS) is 10.9. The number of aryl methyl sites for hydroxylation is 1. The Labute approximate surface area is 97.3 Å². The zero-order valence-corrected chi connectivity index (χ0v) is 9.24. The molecular formula is C13H10FN3. The fourth-order valence-electron chi connectivity index (χ4n) is 2.02. The minimum atomic E-state index is -0.219. The van der Waals surface area contributed by atoms with Crippen molar-refractivity contribution in [2.75, 3.05) is 0 Å². The molecule has 0 unspecified atom stereocenters. The highest BCUT2D eigenvalue weighted by Crippen LogP contribution is 2.29. The maximum Gasteiger partial charge on any atom is 0.155 e. The lowest BCUT2D eigenvalue weighted by molar-refractivity contribution is 0.627. The van der Waals surface area contributed by atoms with Crippen LogP contribution < -0.4 is 0 Å². The lowest BCUT2D eigenvalue weighted by Crippen LogP contribution is -1.87. The van der Waals surface area contributed by atoms with Crippen LogP contribution in [0, 0.1) is 12.7 Å². The second-order valence-electron chi connectivity index (χ2n) is 3.95. The lowest BCUT2D eigenvalue weighted by atomic mass is 9.99. The maximum atomic E-state index is 13.1. The number of halogens is 1. The molecule has 0 saturated heterocycles. The third kappa shape index (κ3) is 1.58. The van der Waals surface area contributed by atoms with Crippen LogP contribution in [0.3, 0.4) is 0 Å². The molecule has 0 saturated carbocycles. The molecule has 3 rings (SSSR count). The first-order chi connectivity index (χ1) is 8.25. The summed E-state index contributed by atoms with van der Waals surface area (Å²) in [7, 11) is 0. The Balaban J connectivity index is 2.30. The monoisotopic (exact) mass is 227 g/mol. The average Bonchev–Trinajstić information content (AvgIpc) is 2.77. The molecule has 0 aliphatic rings. The minimum Gasteiger partial charge on any atom is -0.261 e. The molecule has 0 bridgehead atoms. The van der Waals surface area contributed by atoms with Gasteiger partial charge in [-0.3, -0.25) is 5.10 Å². The Morgan fingerprint density at radius 3 is 2.88 bits per heavy atom. The van der Waals surface area contributed by atoms with Gasteiger partial charge in [0.15, 0.2) is 5.65 Å². The van der Waals surface area contributed by atoms with Crippen molar-refractivity contribution in [1.82, 2.24) is 15.2 Å². The fraction of sp³-hybridized carbons (Fsp3) is 0.0769. The number of hydrogen-bond acceptors (Lipinski definition) is 2. The van der Waals surface area contributed by atoms with E-state index in [1.165, 1.54) is 12.1 Å². The number of nitrogens with one attached hydrogen (secondary N) is 1. The highest BCUT2D eigenvalue weighted by molar-refractivity contribution is 5.92. The number of benzene rings is 1. The Hall–Kier alpha value is -2.23. The summed E-state index contributed by atoms with van der Waals surface area (Å²) in [5.74, 6) is -0.219. The summed E-state index contributed by atoms with van der Waals surface area (Å²) in [6, 6.07) is 6.70. The van der Waals surface area contributed by atoms with E-state index in [4.69, 9.17) is 0 Å². The fourth-order valence-corrected chi connectivity index (χ4v) is 2.02. The molecule has 84 valence electrons. The molecule has 1 aromatic carbocycles. The third-order valence-corrected chi connectivity index (χ3v) is 2.83. The molecule has 0 amide bonds. The topological polar surface area (TPSA) is 41.6 Å². The molecule has 0 fully saturated rings. The number of aromatic nitrogens is 3. The van der Waals surface area contributed by atoms with Crippen LogP contribution in [0.1, 0.15) is 5.56 Å². The molecule has 0 radical (unpaired) electrons. The molecule has 4 heteroatoms. The second-order valence-corrected chi connectivity index (χ2v) is 3.95. The van der Waals surface area contributed by atoms with Gasteiger partial charge < -0.3 is 0 Å². The van der Waals surface area contributed by atoms with Gasteiger partial charge in [-0.15, -0.1) is 0 Å². The summed E-state index contributed by atoms with van der Waals surface area (Å²) in [5.41, 5.74) is 3.66. The van der Waals surface area contributed by atoms with Gasteiger partial charge in [0.25, 0.3) is 0 Å². The SMILES string of the molecule is Cc1cc(F)ccc1-c1ccnc2[nH]ncc12. The van der Waals surface area contributed by atoms with Crippen molar-refractivity contribution < 1.29 is 4.39 Å². The van der Waals surface area contributed by atoms with Crippen LogP contribution in [-0.2, 0) is 0 Å². The number of hydrogen-bond donors (Lipinski definition) is 1. The van der Waals surface area contributed by atoms with Crippen molar-refractivity contribution in [3.63, 3.8) is 0 Å². The van der Waals surface area contributed by atoms with E-state index in [9.17, 15) is 4.39 Å². The van der Waals surface area contributed by atoms with Crippen LogP contribution in [0.4, 0.5) is 4.39 Å². The summed E-state index contributed by atoms with van der Waals surface area (Å²) in [6.07, 6.45) is 3.46. The van der Waals surface area contributed by atoms with Crippen LogP contribution in [0.25, 0.3) is 22.2 Å². The van der Waals surface area contributed by atoms with Gasteiger partial charge in [-0.1, -0.05) is 6.07 Å². The first-order valence-corrected chi connectivity index (χ1v) is 5.30. The Morgan fingerprint density at radius 1 is 1.18 bits per heavy atom. The summed E-state index contributed by atoms with van der Waals surface area (Å²) < 4.78 is 13.1. The average molecular weight is 227 g/mol. The van der Waals surface area contributed by atoms with Crippen molar-refractivity contribution in [3.05, 3.63) is 48.0 Å². The van der Waals surface area contributed by atoms with E-state index in [2.05, 4.69) is 15.2 Å². The number of rotatable bonds is 1. The van der Waals surface area contributed by atoms with E-state index in [-0.39, 0.29) is 5.82 Å². The molecule has 17 heavy (non-hydrogen) atoms. The summed E-state index contributed by atoms with van der Waals surface area (Å²) in [4.78, 5) is 4.18. The predicted molar refractivity (Wildman–Crippen MR) is 64.0 cm³/mol. The number of aromatic amines is 1. The van der Waals surface area contributed by atoms with E-state index in [0.29, 0.717) is 0 Å². The molecule has 2 aromatic heterocycles. The van der Waals surface area contributed by atoms with Crippen molar-refractivity contribution in [2.24, 2.45) is 0 Å². The number of fused-ring (bicyclic) bond motifs is 1. The van der Waals surface area contributed by atoms with Gasteiger partial charge >= 0.3 is 0 Å². The van der Waals surface area contributed by atoms with Crippen molar-refractivity contribution in [3.8, 4) is 11.1 Å². The molecule has 0 spiro atoms. The minimum absolute atomic E-state index is 0.219. The van der Waals surface area contributed by atoms with Crippen LogP contribution in [0.5, 0.6) is 0 Å². The van der Waals surface area contributed by atoms with E-state index < -0.39 is 0 Å². The second kappa shape index (κ2) is 3.66. The number of H-pyrrole nitrogens is 1. The smallest absolute Gasteiger partial charge is 0.155 e. The zero-order chi connectivity index (χ0) is 11.8. The first-order valence-electron chi connectivity index (χ1n) is 5.30. The molecular weight excluding hydrogens is 217 g/mol. The first kappa shape index (κ1) is 9.96. The van der Waals surface area contributed by atoms with Gasteiger partial charge in [0.05, 0.1) is 6.20 Å². The summed E-state index contributed by atoms with van der Waals surface area (Å²) >= 11 is 0. The Morgan fingerprint density at radius 2 is 2.06 bits per heavy atom. The molecule has 3 nitrogen and oxygen atoms in total. The van der Waals surface area contributed by atoms with Gasteiger partial charge in [0.1, 0.15) is 5.82 Å². The van der Waals surface area contributed by atoms with Gasteiger partial charge in [0, 0.05) is 11.6 Å². The van der Waals surface area contributed by atoms with Crippen LogP contribution in [0.2, 0.25) is 0 Å². The highest BCUT2D eigenvalue weighted by Gasteiger charge is 2.08. The lowest BCUT2D eigenvalue weighted by Gasteiger charge is -2.06. The molecule has 2 heterocycles. The van der Waals surface area contributed by atoms with Crippen LogP contribution in [0.15, 0.2) is 36.7 Å². The molecule has 3 aromatic rings. The standard InChI is InChI=1S/C13H10FN3/c1-8-6-9(14)2-3-10(8)11-4-5-15-13-12(11)7-16-17-13/h2-7H,1H3,(H,15,16,17). The van der Waals surface area contributed by atoms with Crippen LogP contribution in [-0.4, -0.2) is 15.2 Å². The molecule has 0 aliphatic heterocycles. The zero-order valence-electron chi connectivity index (χ0n) is 9.24. The van der Waals surface area contributed by atoms with E-state index >= 15 is 0 Å². The van der Waals surface area contributed by atoms with E-state index in [1.54, 1.807) is 18.5 Å². The Bertz CT molecular complexity index is 688. The van der Waals surface area contributed by atoms with Crippen LogP contribution >= 0.6 is 0 Å². The summed E-state index contributed by atoms with van der Waals surface area (Å²) in [6.45, 7) is 1.89. The summed E-state index contributed by atoms with van der Waals surface area (Å²) in [5, 5.41) is 7.74. The number of pyridine rings is 1. The van der Waals surface area contributed by atoms with Gasteiger partial charge in [-0.05, 0) is 41.8 Å². The quantitative estimate of drug-likeness (QED) is 0.694. The van der Waals surface area contributed by atoms with E-state index in [0.717, 1.165) is 27.7 Å². The third-order valence-electron chi connectivity index (χ3n) is 2.83. The Kier molecular flexibility index (Phi) is 2.14. The molecule has 0 aliphatic carbocycles. The van der Waals surface area contributed by atoms with Gasteiger partial charge in [0.2, 0.25) is 0 Å². The van der Waals surface area contributed by atoms with Crippen molar-refractivity contribution in [2.45, 2.75) is 6.92 Å². The molecule has 0 atom stereocenters. The van der Waals surface area contributed by atoms with Gasteiger partial charge in [-0.25, -0.2) is 9.37 Å². The van der Waals surface area contributed by atoms with Crippen molar-refractivity contribution >= 4 is 11.0 Å². The maximum absolute atomic E-state index is 13.1. The molecule has 1 N–H and O–H groups in total. The van der Waals surface area contributed by atoms with Gasteiger partial charge in [-0.2, -0.15) is 5.10 Å². The number of nitrogens with zero attached hydrogens (tertiary/aromatic N) is 2. The highest BCUT2D eigenvalue weighted by atomic mass is 19.1. The van der Waals surface area contributed by atoms with E-state index in [1.807, 2.05) is 13.0 Å². The largest absolute Gasteiger partial charge is 0.261 e. The predicted octanol–water partition coefficient (Wildman–Crippen LogP) is 3.07. The van der Waals surface area contributed by atoms with Crippen molar-refractivity contribution in [1.29, 1.82) is 0 Å².